The van der Waals surface area contributed by atoms with E-state index >= 15 is 0 Å². The highest BCUT2D eigenvalue weighted by molar-refractivity contribution is 7.22. The number of fused-ring (bicyclic) bond motifs is 2. The molecule has 1 atom stereocenters. The number of carbonyl (C=O) groups is 2. The standard InChI is InChI=1S/C28H22ClF2N5O3S/c1-28(26(32)38)11-39-24-16(28)9-20(35-22(24)13-4-5-18(30)17(29)6-13)15(12-2-3-12)10-34-25(37)14-7-19(31)23-21(8-14)40-27(33)36-23/h4-9H,2-3,10-11H2,1H3,(H2,32,38)(H2,33,36)(H,34,37)/t28-/m0/s1. The van der Waals surface area contributed by atoms with Crippen molar-refractivity contribution in [3.05, 3.63) is 75.4 Å². The predicted octanol–water partition coefficient (Wildman–Crippen LogP) is 4.98. The van der Waals surface area contributed by atoms with E-state index in [1.165, 1.54) is 18.2 Å². The quantitative estimate of drug-likeness (QED) is 0.294. The first-order valence-corrected chi connectivity index (χ1v) is 13.5. The molecule has 1 saturated carbocycles. The first kappa shape index (κ1) is 26.1. The summed E-state index contributed by atoms with van der Waals surface area (Å²) in [5.41, 5.74) is 14.4. The Morgan fingerprint density at radius 3 is 2.62 bits per heavy atom. The SMILES string of the molecule is C[C@]1(C(N)=O)COc2c1cc(C(CNC(=O)c1cc(F)c3nc(N)sc3c1)=C1CC1)nc2-c1ccc(F)c(Cl)c1. The monoisotopic (exact) mass is 581 g/mol. The number of nitrogens with two attached hydrogens (primary N) is 2. The largest absolute Gasteiger partial charge is 0.489 e. The maximum atomic E-state index is 14.6. The van der Waals surface area contributed by atoms with Crippen LogP contribution in [0, 0.1) is 11.6 Å². The smallest absolute Gasteiger partial charge is 0.251 e. The molecule has 4 aromatic rings. The van der Waals surface area contributed by atoms with Crippen molar-refractivity contribution in [1.82, 2.24) is 15.3 Å². The second kappa shape index (κ2) is 9.53. The van der Waals surface area contributed by atoms with Gasteiger partial charge in [0.25, 0.3) is 5.91 Å². The fourth-order valence-corrected chi connectivity index (χ4v) is 5.72. The molecular formula is C28H22ClF2N5O3S. The van der Waals surface area contributed by atoms with Gasteiger partial charge < -0.3 is 21.5 Å². The van der Waals surface area contributed by atoms with E-state index in [-0.39, 0.29) is 34.4 Å². The Morgan fingerprint density at radius 2 is 1.93 bits per heavy atom. The molecule has 2 aliphatic rings. The Bertz CT molecular complexity index is 1780. The van der Waals surface area contributed by atoms with Gasteiger partial charge in [-0.1, -0.05) is 28.5 Å². The van der Waals surface area contributed by atoms with Crippen LogP contribution in [0.2, 0.25) is 5.02 Å². The van der Waals surface area contributed by atoms with Gasteiger partial charge in [0.15, 0.2) is 10.9 Å². The van der Waals surface area contributed by atoms with Crippen LogP contribution in [0.25, 0.3) is 27.0 Å². The highest BCUT2D eigenvalue weighted by atomic mass is 35.5. The number of thiazole rings is 1. The van der Waals surface area contributed by atoms with Crippen LogP contribution in [0.5, 0.6) is 5.75 Å². The first-order valence-electron chi connectivity index (χ1n) is 12.3. The van der Waals surface area contributed by atoms with Gasteiger partial charge >= 0.3 is 0 Å². The fourth-order valence-electron chi connectivity index (χ4n) is 4.75. The molecule has 0 spiro atoms. The van der Waals surface area contributed by atoms with E-state index in [1.54, 1.807) is 19.1 Å². The molecule has 1 aliphatic heterocycles. The minimum Gasteiger partial charge on any atom is -0.489 e. The number of carbonyl (C=O) groups excluding carboxylic acids is 2. The molecule has 5 N–H and O–H groups in total. The average Bonchev–Trinajstić information content (AvgIpc) is 3.59. The molecule has 3 heterocycles. The molecule has 2 aromatic carbocycles. The molecule has 2 aromatic heterocycles. The number of pyridine rings is 1. The lowest BCUT2D eigenvalue weighted by Gasteiger charge is -2.20. The van der Waals surface area contributed by atoms with Crippen molar-refractivity contribution in [3.63, 3.8) is 0 Å². The molecule has 0 radical (unpaired) electrons. The third-order valence-corrected chi connectivity index (χ3v) is 8.32. The van der Waals surface area contributed by atoms with Gasteiger partial charge in [0, 0.05) is 23.2 Å². The zero-order valence-corrected chi connectivity index (χ0v) is 22.7. The van der Waals surface area contributed by atoms with E-state index in [4.69, 9.17) is 32.8 Å². The first-order chi connectivity index (χ1) is 19.0. The molecule has 0 saturated heterocycles. The van der Waals surface area contributed by atoms with E-state index in [0.29, 0.717) is 33.0 Å². The number of ether oxygens (including phenoxy) is 1. The van der Waals surface area contributed by atoms with Crippen LogP contribution in [-0.2, 0) is 10.2 Å². The van der Waals surface area contributed by atoms with Gasteiger partial charge in [0.1, 0.15) is 34.8 Å². The maximum absolute atomic E-state index is 14.6. The van der Waals surface area contributed by atoms with Gasteiger partial charge in [-0.3, -0.25) is 9.59 Å². The molecule has 1 aliphatic carbocycles. The summed E-state index contributed by atoms with van der Waals surface area (Å²) >= 11 is 7.16. The summed E-state index contributed by atoms with van der Waals surface area (Å²) in [6, 6.07) is 8.62. The number of rotatable bonds is 6. The van der Waals surface area contributed by atoms with Crippen molar-refractivity contribution in [2.24, 2.45) is 5.73 Å². The lowest BCUT2D eigenvalue weighted by molar-refractivity contribution is -0.123. The van der Waals surface area contributed by atoms with Crippen LogP contribution < -0.4 is 21.5 Å². The van der Waals surface area contributed by atoms with E-state index in [1.807, 2.05) is 0 Å². The van der Waals surface area contributed by atoms with Crippen LogP contribution in [0.4, 0.5) is 13.9 Å². The molecule has 0 unspecified atom stereocenters. The summed E-state index contributed by atoms with van der Waals surface area (Å²) in [4.78, 5) is 34.3. The number of amides is 2. The van der Waals surface area contributed by atoms with Gasteiger partial charge in [0.2, 0.25) is 5.91 Å². The lowest BCUT2D eigenvalue weighted by Crippen LogP contribution is -2.39. The highest BCUT2D eigenvalue weighted by Gasteiger charge is 2.44. The fraction of sp³-hybridized carbons (Fsp3) is 0.214. The third kappa shape index (κ3) is 4.44. The number of nitrogens with zero attached hydrogens (tertiary/aromatic N) is 2. The van der Waals surface area contributed by atoms with Crippen molar-refractivity contribution in [2.75, 3.05) is 18.9 Å². The Labute approximate surface area is 236 Å². The van der Waals surface area contributed by atoms with Gasteiger partial charge in [-0.25, -0.2) is 18.7 Å². The number of hydrogen-bond acceptors (Lipinski definition) is 7. The lowest BCUT2D eigenvalue weighted by atomic mass is 9.82. The molecule has 8 nitrogen and oxygen atoms in total. The zero-order chi connectivity index (χ0) is 28.3. The highest BCUT2D eigenvalue weighted by Crippen LogP contribution is 2.46. The summed E-state index contributed by atoms with van der Waals surface area (Å²) in [5, 5.41) is 2.98. The van der Waals surface area contributed by atoms with E-state index in [9.17, 15) is 18.4 Å². The number of nitrogen functional groups attached to an aromatic ring is 1. The van der Waals surface area contributed by atoms with E-state index in [2.05, 4.69) is 10.3 Å². The minimum absolute atomic E-state index is 0.0174. The predicted molar refractivity (Wildman–Crippen MR) is 149 cm³/mol. The van der Waals surface area contributed by atoms with Crippen molar-refractivity contribution in [2.45, 2.75) is 25.2 Å². The van der Waals surface area contributed by atoms with Crippen LogP contribution in [0.3, 0.4) is 0 Å². The molecular weight excluding hydrogens is 560 g/mol. The Morgan fingerprint density at radius 1 is 1.15 bits per heavy atom. The second-order valence-electron chi connectivity index (χ2n) is 9.97. The number of anilines is 1. The van der Waals surface area contributed by atoms with Crippen molar-refractivity contribution in [1.29, 1.82) is 0 Å². The number of allylic oxidation sites excluding steroid dienone is 1. The molecule has 12 heteroatoms. The van der Waals surface area contributed by atoms with Gasteiger partial charge in [0.05, 0.1) is 15.4 Å². The van der Waals surface area contributed by atoms with Crippen LogP contribution >= 0.6 is 22.9 Å². The second-order valence-corrected chi connectivity index (χ2v) is 11.4. The summed E-state index contributed by atoms with van der Waals surface area (Å²) in [6.45, 7) is 1.81. The van der Waals surface area contributed by atoms with Crippen LogP contribution in [0.15, 0.2) is 42.0 Å². The van der Waals surface area contributed by atoms with Crippen molar-refractivity contribution >= 4 is 55.7 Å². The Kier molecular flexibility index (Phi) is 6.23. The minimum atomic E-state index is -1.13. The summed E-state index contributed by atoms with van der Waals surface area (Å²) in [5.74, 6) is -1.90. The van der Waals surface area contributed by atoms with Gasteiger partial charge in [-0.2, -0.15) is 0 Å². The molecule has 40 heavy (non-hydrogen) atoms. The van der Waals surface area contributed by atoms with Crippen LogP contribution in [0.1, 0.15) is 41.4 Å². The summed E-state index contributed by atoms with van der Waals surface area (Å²) < 4.78 is 34.9. The number of hydrogen-bond donors (Lipinski definition) is 3. The van der Waals surface area contributed by atoms with E-state index in [0.717, 1.165) is 41.4 Å². The zero-order valence-electron chi connectivity index (χ0n) is 21.1. The van der Waals surface area contributed by atoms with Gasteiger partial charge in [-0.05, 0) is 61.7 Å². The molecule has 2 amide bonds. The topological polar surface area (TPSA) is 133 Å². The average molecular weight is 582 g/mol. The Hall–Kier alpha value is -4.09. The molecule has 6 rings (SSSR count). The van der Waals surface area contributed by atoms with E-state index < -0.39 is 28.9 Å². The normalized spacial score (nSPS) is 17.4. The third-order valence-electron chi connectivity index (χ3n) is 7.20. The summed E-state index contributed by atoms with van der Waals surface area (Å²) in [6.07, 6.45) is 1.62. The molecule has 0 bridgehead atoms. The number of halogens is 3. The van der Waals surface area contributed by atoms with Crippen LogP contribution in [-0.4, -0.2) is 34.9 Å². The number of nitrogens with one attached hydrogen (secondary N) is 1. The Balaban J connectivity index is 1.39. The summed E-state index contributed by atoms with van der Waals surface area (Å²) in [7, 11) is 0. The number of benzene rings is 2. The maximum Gasteiger partial charge on any atom is 0.251 e. The van der Waals surface area contributed by atoms with Crippen molar-refractivity contribution < 1.29 is 23.1 Å². The van der Waals surface area contributed by atoms with Gasteiger partial charge in [-0.15, -0.1) is 0 Å². The number of aromatic nitrogens is 2. The molecule has 1 fully saturated rings. The van der Waals surface area contributed by atoms with Crippen molar-refractivity contribution in [3.8, 4) is 17.0 Å². The number of primary amides is 1. The molecule has 204 valence electrons.